The summed E-state index contributed by atoms with van der Waals surface area (Å²) in [7, 11) is 5.97. The third-order valence-electron chi connectivity index (χ3n) is 12.8. The van der Waals surface area contributed by atoms with Crippen molar-refractivity contribution in [3.05, 3.63) is 12.2 Å². The van der Waals surface area contributed by atoms with Gasteiger partial charge >= 0.3 is 17.9 Å². The summed E-state index contributed by atoms with van der Waals surface area (Å²) in [6.45, 7) is 4.91. The molecule has 0 heterocycles. The zero-order valence-electron chi connectivity index (χ0n) is 44.4. The molecule has 2 atom stereocenters. The Hall–Kier alpha value is -1.97. The molecule has 0 bridgehead atoms. The lowest BCUT2D eigenvalue weighted by atomic mass is 10.0. The Labute approximate surface area is 408 Å². The van der Waals surface area contributed by atoms with Gasteiger partial charge in [0, 0.05) is 12.8 Å². The molecule has 66 heavy (non-hydrogen) atoms. The van der Waals surface area contributed by atoms with Gasteiger partial charge in [-0.3, -0.25) is 9.59 Å². The van der Waals surface area contributed by atoms with Crippen LogP contribution in [0.25, 0.3) is 0 Å². The maximum atomic E-state index is 12.8. The van der Waals surface area contributed by atoms with Crippen LogP contribution in [-0.4, -0.2) is 87.4 Å². The molecular formula is C57H110NO8+. The highest BCUT2D eigenvalue weighted by molar-refractivity contribution is 5.71. The van der Waals surface area contributed by atoms with E-state index in [4.69, 9.17) is 18.9 Å². The second kappa shape index (κ2) is 49.5. The quantitative estimate of drug-likeness (QED) is 0.0211. The second-order valence-corrected chi connectivity index (χ2v) is 20.6. The highest BCUT2D eigenvalue weighted by atomic mass is 16.7. The molecule has 0 aliphatic heterocycles. The summed E-state index contributed by atoms with van der Waals surface area (Å²) < 4.78 is 22.8. The first-order valence-corrected chi connectivity index (χ1v) is 28.4. The molecule has 390 valence electrons. The summed E-state index contributed by atoms with van der Waals surface area (Å²) >= 11 is 0. The second-order valence-electron chi connectivity index (χ2n) is 20.6. The van der Waals surface area contributed by atoms with E-state index in [1.165, 1.54) is 193 Å². The highest BCUT2D eigenvalue weighted by Crippen LogP contribution is 2.17. The molecule has 9 nitrogen and oxygen atoms in total. The number of rotatable bonds is 53. The number of esters is 2. The zero-order valence-corrected chi connectivity index (χ0v) is 44.4. The van der Waals surface area contributed by atoms with Gasteiger partial charge in [-0.05, 0) is 38.5 Å². The molecule has 0 radical (unpaired) electrons. The lowest BCUT2D eigenvalue weighted by Gasteiger charge is -2.25. The van der Waals surface area contributed by atoms with Gasteiger partial charge in [0.05, 0.1) is 34.4 Å². The van der Waals surface area contributed by atoms with Crippen molar-refractivity contribution in [2.45, 2.75) is 289 Å². The first-order chi connectivity index (χ1) is 32.1. The normalized spacial score (nSPS) is 12.8. The number of carboxylic acid groups (broad SMARTS) is 1. The van der Waals surface area contributed by atoms with Gasteiger partial charge in [-0.1, -0.05) is 238 Å². The Morgan fingerprint density at radius 1 is 0.439 bits per heavy atom. The van der Waals surface area contributed by atoms with E-state index in [-0.39, 0.29) is 32.2 Å². The minimum absolute atomic E-state index is 0.179. The monoisotopic (exact) mass is 937 g/mol. The standard InChI is InChI=1S/C57H109NO8/c1-6-8-10-12-14-16-18-20-22-23-24-25-26-27-28-29-30-31-32-34-35-37-39-41-43-45-47-54(59)64-51-53(52-65-57(56(61)62)63-50-49-58(3,4)5)66-55(60)48-46-44-42-40-38-36-33-21-19-17-15-13-11-9-7-2/h21,33,53,57H,6-20,22-32,34-52H2,1-5H3/p+1/b33-21-. The minimum Gasteiger partial charge on any atom is -0.477 e. The van der Waals surface area contributed by atoms with Crippen LogP contribution in [0.1, 0.15) is 277 Å². The molecule has 2 unspecified atom stereocenters. The van der Waals surface area contributed by atoms with E-state index < -0.39 is 24.3 Å². The summed E-state index contributed by atoms with van der Waals surface area (Å²) in [6, 6.07) is 0. The van der Waals surface area contributed by atoms with E-state index in [1.54, 1.807) is 0 Å². The number of carbonyl (C=O) groups excluding carboxylic acids is 2. The van der Waals surface area contributed by atoms with Gasteiger partial charge in [0.15, 0.2) is 6.10 Å². The molecule has 0 aromatic rings. The number of likely N-dealkylation sites (N-methyl/N-ethyl adjacent to an activating group) is 1. The summed E-state index contributed by atoms with van der Waals surface area (Å²) in [4.78, 5) is 37.3. The molecular weight excluding hydrogens is 827 g/mol. The van der Waals surface area contributed by atoms with Crippen LogP contribution in [0.3, 0.4) is 0 Å². The highest BCUT2D eigenvalue weighted by Gasteiger charge is 2.25. The van der Waals surface area contributed by atoms with Crippen LogP contribution in [0, 0.1) is 0 Å². The van der Waals surface area contributed by atoms with Gasteiger partial charge in [0.2, 0.25) is 0 Å². The largest absolute Gasteiger partial charge is 0.477 e. The number of quaternary nitrogens is 1. The van der Waals surface area contributed by atoms with Crippen LogP contribution in [0.2, 0.25) is 0 Å². The van der Waals surface area contributed by atoms with Crippen LogP contribution >= 0.6 is 0 Å². The fourth-order valence-electron chi connectivity index (χ4n) is 8.36. The summed E-state index contributed by atoms with van der Waals surface area (Å²) in [5.41, 5.74) is 0. The molecule has 0 aliphatic carbocycles. The van der Waals surface area contributed by atoms with Crippen molar-refractivity contribution in [3.63, 3.8) is 0 Å². The topological polar surface area (TPSA) is 108 Å². The molecule has 0 saturated heterocycles. The number of hydrogen-bond acceptors (Lipinski definition) is 7. The van der Waals surface area contributed by atoms with E-state index >= 15 is 0 Å². The molecule has 0 aromatic carbocycles. The number of nitrogens with zero attached hydrogens (tertiary/aromatic N) is 1. The number of unbranched alkanes of at least 4 members (excludes halogenated alkanes) is 36. The van der Waals surface area contributed by atoms with Crippen molar-refractivity contribution in [3.8, 4) is 0 Å². The third-order valence-corrected chi connectivity index (χ3v) is 12.8. The summed E-state index contributed by atoms with van der Waals surface area (Å²) in [6.07, 6.45) is 52.9. The number of carboxylic acids is 1. The van der Waals surface area contributed by atoms with Crippen LogP contribution < -0.4 is 0 Å². The van der Waals surface area contributed by atoms with E-state index in [1.807, 2.05) is 21.1 Å². The van der Waals surface area contributed by atoms with E-state index in [9.17, 15) is 19.5 Å². The minimum atomic E-state index is -1.51. The maximum absolute atomic E-state index is 12.8. The molecule has 0 aliphatic rings. The Morgan fingerprint density at radius 3 is 1.12 bits per heavy atom. The van der Waals surface area contributed by atoms with Crippen molar-refractivity contribution in [1.82, 2.24) is 0 Å². The molecule has 0 spiro atoms. The fraction of sp³-hybridized carbons (Fsp3) is 0.912. The molecule has 0 fully saturated rings. The third kappa shape index (κ3) is 49.9. The van der Waals surface area contributed by atoms with Crippen LogP contribution in [0.5, 0.6) is 0 Å². The first kappa shape index (κ1) is 64.0. The van der Waals surface area contributed by atoms with Crippen molar-refractivity contribution in [2.24, 2.45) is 0 Å². The van der Waals surface area contributed by atoms with Crippen LogP contribution in [0.4, 0.5) is 0 Å². The first-order valence-electron chi connectivity index (χ1n) is 28.4. The summed E-state index contributed by atoms with van der Waals surface area (Å²) in [5.74, 6) is -2.00. The number of ether oxygens (including phenoxy) is 4. The molecule has 0 amide bonds. The average Bonchev–Trinajstić information content (AvgIpc) is 3.28. The molecule has 1 N–H and O–H groups in total. The Bertz CT molecular complexity index is 1090. The Morgan fingerprint density at radius 2 is 0.773 bits per heavy atom. The van der Waals surface area contributed by atoms with E-state index in [0.717, 1.165) is 51.4 Å². The number of carbonyl (C=O) groups is 3. The van der Waals surface area contributed by atoms with Gasteiger partial charge in [-0.25, -0.2) is 4.79 Å². The van der Waals surface area contributed by atoms with Crippen molar-refractivity contribution in [1.29, 1.82) is 0 Å². The predicted octanol–water partition coefficient (Wildman–Crippen LogP) is 16.2. The van der Waals surface area contributed by atoms with Gasteiger partial charge in [-0.15, -0.1) is 0 Å². The van der Waals surface area contributed by atoms with E-state index in [0.29, 0.717) is 23.9 Å². The van der Waals surface area contributed by atoms with Crippen molar-refractivity contribution >= 4 is 17.9 Å². The lowest BCUT2D eigenvalue weighted by molar-refractivity contribution is -0.870. The lowest BCUT2D eigenvalue weighted by Crippen LogP contribution is -2.40. The average molecular weight is 938 g/mol. The zero-order chi connectivity index (χ0) is 48.4. The number of aliphatic carboxylic acids is 1. The SMILES string of the molecule is CCCCCCCC/C=C\CCCCCCCC(=O)OC(COC(=O)CCCCCCCCCCCCCCCCCCCCCCCCCCCC)COC(OCC[N+](C)(C)C)C(=O)O. The molecule has 0 saturated carbocycles. The predicted molar refractivity (Wildman–Crippen MR) is 277 cm³/mol. The smallest absolute Gasteiger partial charge is 0.361 e. The van der Waals surface area contributed by atoms with E-state index in [2.05, 4.69) is 26.0 Å². The fourth-order valence-corrected chi connectivity index (χ4v) is 8.36. The Kier molecular flexibility index (Phi) is 48.0. The Balaban J connectivity index is 4.15. The maximum Gasteiger partial charge on any atom is 0.361 e. The number of allylic oxidation sites excluding steroid dienone is 2. The van der Waals surface area contributed by atoms with Gasteiger partial charge < -0.3 is 28.5 Å². The molecule has 0 aromatic heterocycles. The van der Waals surface area contributed by atoms with Crippen LogP contribution in [-0.2, 0) is 33.3 Å². The van der Waals surface area contributed by atoms with Crippen LogP contribution in [0.15, 0.2) is 12.2 Å². The van der Waals surface area contributed by atoms with Gasteiger partial charge in [0.25, 0.3) is 6.29 Å². The van der Waals surface area contributed by atoms with Crippen molar-refractivity contribution in [2.75, 3.05) is 47.5 Å². The van der Waals surface area contributed by atoms with Crippen molar-refractivity contribution < 1.29 is 42.9 Å². The molecule has 9 heteroatoms. The van der Waals surface area contributed by atoms with Gasteiger partial charge in [0.1, 0.15) is 13.2 Å². The molecule has 0 rings (SSSR count). The number of hydrogen-bond donors (Lipinski definition) is 1. The van der Waals surface area contributed by atoms with Gasteiger partial charge in [-0.2, -0.15) is 0 Å². The summed E-state index contributed by atoms with van der Waals surface area (Å²) in [5, 5.41) is 9.68.